The van der Waals surface area contributed by atoms with Crippen molar-refractivity contribution in [3.63, 3.8) is 0 Å². The van der Waals surface area contributed by atoms with Crippen molar-refractivity contribution in [1.29, 1.82) is 0 Å². The summed E-state index contributed by atoms with van der Waals surface area (Å²) in [6, 6.07) is 17.5. The first-order valence-electron chi connectivity index (χ1n) is 8.21. The number of carbonyl (C=O) groups excluding carboxylic acids is 1. The standard InChI is InChI=1S/C20H18ClNO3S2/c1-13(14-5-9-17(10-6-14)27(2,24)25)22-20(23)19-12-11-18(26-19)15-3-7-16(21)8-4-15/h3-13H,1-2H3,(H,22,23). The maximum absolute atomic E-state index is 12.5. The summed E-state index contributed by atoms with van der Waals surface area (Å²) < 4.78 is 23.1. The minimum absolute atomic E-state index is 0.167. The van der Waals surface area contributed by atoms with Crippen LogP contribution in [-0.4, -0.2) is 20.6 Å². The number of amides is 1. The van der Waals surface area contributed by atoms with Crippen molar-refractivity contribution in [2.24, 2.45) is 0 Å². The van der Waals surface area contributed by atoms with Crippen LogP contribution in [0.5, 0.6) is 0 Å². The minimum Gasteiger partial charge on any atom is -0.345 e. The molecule has 1 atom stereocenters. The van der Waals surface area contributed by atoms with Crippen LogP contribution in [0.2, 0.25) is 5.02 Å². The quantitative estimate of drug-likeness (QED) is 0.635. The lowest BCUT2D eigenvalue weighted by Gasteiger charge is -2.14. The van der Waals surface area contributed by atoms with E-state index >= 15 is 0 Å². The normalized spacial score (nSPS) is 12.6. The molecular weight excluding hydrogens is 402 g/mol. The summed E-state index contributed by atoms with van der Waals surface area (Å²) in [5.41, 5.74) is 1.85. The molecule has 0 saturated carbocycles. The highest BCUT2D eigenvalue weighted by molar-refractivity contribution is 7.90. The fourth-order valence-corrected chi connectivity index (χ4v) is 4.26. The average molecular weight is 420 g/mol. The second-order valence-corrected chi connectivity index (χ2v) is 9.74. The number of hydrogen-bond acceptors (Lipinski definition) is 4. The zero-order valence-electron chi connectivity index (χ0n) is 14.8. The van der Waals surface area contributed by atoms with Crippen LogP contribution in [0.15, 0.2) is 65.6 Å². The van der Waals surface area contributed by atoms with E-state index in [9.17, 15) is 13.2 Å². The minimum atomic E-state index is -3.23. The summed E-state index contributed by atoms with van der Waals surface area (Å²) >= 11 is 7.32. The van der Waals surface area contributed by atoms with Gasteiger partial charge >= 0.3 is 0 Å². The highest BCUT2D eigenvalue weighted by Gasteiger charge is 2.15. The lowest BCUT2D eigenvalue weighted by atomic mass is 10.1. The predicted octanol–water partition coefficient (Wildman–Crippen LogP) is 4.96. The van der Waals surface area contributed by atoms with Gasteiger partial charge in [-0.15, -0.1) is 11.3 Å². The van der Waals surface area contributed by atoms with Gasteiger partial charge in [0, 0.05) is 16.2 Å². The van der Waals surface area contributed by atoms with E-state index < -0.39 is 9.84 Å². The molecule has 0 radical (unpaired) electrons. The molecule has 0 aliphatic heterocycles. The van der Waals surface area contributed by atoms with Crippen molar-refractivity contribution in [3.05, 3.63) is 76.1 Å². The van der Waals surface area contributed by atoms with E-state index in [2.05, 4.69) is 5.32 Å². The first-order chi connectivity index (χ1) is 12.7. The number of nitrogens with one attached hydrogen (secondary N) is 1. The molecule has 2 aromatic carbocycles. The Kier molecular flexibility index (Phi) is 5.69. The van der Waals surface area contributed by atoms with Crippen LogP contribution in [-0.2, 0) is 9.84 Å². The van der Waals surface area contributed by atoms with Gasteiger partial charge in [0.15, 0.2) is 9.84 Å². The Morgan fingerprint density at radius 1 is 1.00 bits per heavy atom. The second kappa shape index (κ2) is 7.84. The maximum Gasteiger partial charge on any atom is 0.261 e. The Morgan fingerprint density at radius 3 is 2.22 bits per heavy atom. The van der Waals surface area contributed by atoms with Crippen LogP contribution in [0, 0.1) is 0 Å². The van der Waals surface area contributed by atoms with Crippen molar-refractivity contribution in [2.75, 3.05) is 6.26 Å². The molecule has 140 valence electrons. The Hall–Kier alpha value is -2.15. The number of halogens is 1. The molecule has 3 rings (SSSR count). The molecule has 0 aliphatic carbocycles. The van der Waals surface area contributed by atoms with E-state index in [1.165, 1.54) is 17.6 Å². The zero-order chi connectivity index (χ0) is 19.6. The van der Waals surface area contributed by atoms with Crippen molar-refractivity contribution in [2.45, 2.75) is 17.9 Å². The van der Waals surface area contributed by atoms with Crippen molar-refractivity contribution in [3.8, 4) is 10.4 Å². The predicted molar refractivity (Wildman–Crippen MR) is 110 cm³/mol. The fourth-order valence-electron chi connectivity index (χ4n) is 2.58. The third kappa shape index (κ3) is 4.77. The molecular formula is C20H18ClNO3S2. The van der Waals surface area contributed by atoms with Crippen LogP contribution in [0.3, 0.4) is 0 Å². The first-order valence-corrected chi connectivity index (χ1v) is 11.3. The molecule has 4 nitrogen and oxygen atoms in total. The molecule has 0 saturated heterocycles. The van der Waals surface area contributed by atoms with E-state index in [0.717, 1.165) is 16.0 Å². The Bertz CT molecular complexity index is 1060. The van der Waals surface area contributed by atoms with E-state index in [-0.39, 0.29) is 16.8 Å². The van der Waals surface area contributed by atoms with Gasteiger partial charge in [-0.05, 0) is 54.4 Å². The van der Waals surface area contributed by atoms with Crippen LogP contribution in [0.25, 0.3) is 10.4 Å². The molecule has 3 aromatic rings. The summed E-state index contributed by atoms with van der Waals surface area (Å²) in [5, 5.41) is 3.62. The van der Waals surface area contributed by atoms with Gasteiger partial charge in [-0.1, -0.05) is 35.9 Å². The van der Waals surface area contributed by atoms with Crippen molar-refractivity contribution < 1.29 is 13.2 Å². The van der Waals surface area contributed by atoms with Gasteiger partial charge in [-0.3, -0.25) is 4.79 Å². The molecule has 0 bridgehead atoms. The lowest BCUT2D eigenvalue weighted by molar-refractivity contribution is 0.0944. The Morgan fingerprint density at radius 2 is 1.63 bits per heavy atom. The summed E-state index contributed by atoms with van der Waals surface area (Å²) in [7, 11) is -3.23. The van der Waals surface area contributed by atoms with Gasteiger partial charge in [0.25, 0.3) is 5.91 Å². The van der Waals surface area contributed by atoms with E-state index in [4.69, 9.17) is 11.6 Å². The smallest absolute Gasteiger partial charge is 0.261 e. The third-order valence-electron chi connectivity index (χ3n) is 4.11. The summed E-state index contributed by atoms with van der Waals surface area (Å²) in [4.78, 5) is 14.4. The van der Waals surface area contributed by atoms with Gasteiger partial charge in [-0.2, -0.15) is 0 Å². The number of thiophene rings is 1. The molecule has 1 N–H and O–H groups in total. The van der Waals surface area contributed by atoms with Crippen molar-refractivity contribution in [1.82, 2.24) is 5.32 Å². The van der Waals surface area contributed by atoms with Crippen LogP contribution in [0.4, 0.5) is 0 Å². The van der Waals surface area contributed by atoms with Crippen LogP contribution < -0.4 is 5.32 Å². The van der Waals surface area contributed by atoms with Crippen LogP contribution >= 0.6 is 22.9 Å². The van der Waals surface area contributed by atoms with Crippen LogP contribution in [0.1, 0.15) is 28.2 Å². The number of hydrogen-bond donors (Lipinski definition) is 1. The molecule has 1 unspecified atom stereocenters. The highest BCUT2D eigenvalue weighted by atomic mass is 35.5. The molecule has 0 aliphatic rings. The molecule has 0 fully saturated rings. The lowest BCUT2D eigenvalue weighted by Crippen LogP contribution is -2.25. The molecule has 0 spiro atoms. The average Bonchev–Trinajstić information content (AvgIpc) is 3.12. The summed E-state index contributed by atoms with van der Waals surface area (Å²) in [5.74, 6) is -0.167. The van der Waals surface area contributed by atoms with Gasteiger partial charge in [-0.25, -0.2) is 8.42 Å². The summed E-state index contributed by atoms with van der Waals surface area (Å²) in [6.07, 6.45) is 1.17. The van der Waals surface area contributed by atoms with Crippen molar-refractivity contribution >= 4 is 38.7 Å². The number of sulfone groups is 1. The number of carbonyl (C=O) groups is 1. The van der Waals surface area contributed by atoms with Gasteiger partial charge in [0.1, 0.15) is 0 Å². The molecule has 7 heteroatoms. The zero-order valence-corrected chi connectivity index (χ0v) is 17.2. The van der Waals surface area contributed by atoms with Gasteiger partial charge in [0.2, 0.25) is 0 Å². The monoisotopic (exact) mass is 419 g/mol. The Labute approximate surface area is 167 Å². The fraction of sp³-hybridized carbons (Fsp3) is 0.150. The highest BCUT2D eigenvalue weighted by Crippen LogP contribution is 2.29. The molecule has 1 aromatic heterocycles. The number of rotatable bonds is 5. The third-order valence-corrected chi connectivity index (χ3v) is 6.63. The molecule has 1 amide bonds. The largest absolute Gasteiger partial charge is 0.345 e. The number of benzene rings is 2. The first kappa shape index (κ1) is 19.6. The van der Waals surface area contributed by atoms with E-state index in [0.29, 0.717) is 9.90 Å². The summed E-state index contributed by atoms with van der Waals surface area (Å²) in [6.45, 7) is 1.86. The molecule has 27 heavy (non-hydrogen) atoms. The SMILES string of the molecule is CC(NC(=O)c1ccc(-c2ccc(Cl)cc2)s1)c1ccc(S(C)(=O)=O)cc1. The van der Waals surface area contributed by atoms with Gasteiger partial charge < -0.3 is 5.32 Å². The maximum atomic E-state index is 12.5. The Balaban J connectivity index is 1.71. The second-order valence-electron chi connectivity index (χ2n) is 6.21. The van der Waals surface area contributed by atoms with Gasteiger partial charge in [0.05, 0.1) is 15.8 Å². The molecule has 1 heterocycles. The topological polar surface area (TPSA) is 63.2 Å². The van der Waals surface area contributed by atoms with E-state index in [1.54, 1.807) is 30.3 Å². The van der Waals surface area contributed by atoms with E-state index in [1.807, 2.05) is 37.3 Å².